The molecule has 0 aromatic heterocycles. The first-order valence-corrected chi connectivity index (χ1v) is 6.67. The van der Waals surface area contributed by atoms with Crippen molar-refractivity contribution in [2.75, 3.05) is 7.11 Å². The van der Waals surface area contributed by atoms with E-state index in [-0.39, 0.29) is 5.82 Å². The first-order valence-electron chi connectivity index (χ1n) is 5.88. The second-order valence-electron chi connectivity index (χ2n) is 4.39. The first-order chi connectivity index (χ1) is 9.02. The van der Waals surface area contributed by atoms with E-state index < -0.39 is 6.04 Å². The van der Waals surface area contributed by atoms with Crippen LogP contribution in [-0.2, 0) is 0 Å². The second-order valence-corrected chi connectivity index (χ2v) is 5.30. The maximum absolute atomic E-state index is 13.9. The van der Waals surface area contributed by atoms with Crippen molar-refractivity contribution in [1.82, 2.24) is 0 Å². The van der Waals surface area contributed by atoms with Crippen molar-refractivity contribution < 1.29 is 9.13 Å². The number of benzene rings is 2. The Morgan fingerprint density at radius 2 is 1.89 bits per heavy atom. The van der Waals surface area contributed by atoms with Gasteiger partial charge in [-0.3, -0.25) is 0 Å². The Balaban J connectivity index is 2.49. The van der Waals surface area contributed by atoms with Gasteiger partial charge in [-0.05, 0) is 36.8 Å². The number of aryl methyl sites for hydroxylation is 1. The summed E-state index contributed by atoms with van der Waals surface area (Å²) in [5, 5.41) is 0. The topological polar surface area (TPSA) is 35.2 Å². The Bertz CT molecular complexity index is 601. The van der Waals surface area contributed by atoms with Gasteiger partial charge in [0.25, 0.3) is 0 Å². The van der Waals surface area contributed by atoms with Crippen LogP contribution in [0, 0.1) is 12.7 Å². The van der Waals surface area contributed by atoms with E-state index >= 15 is 0 Å². The maximum atomic E-state index is 13.9. The Kier molecular flexibility index (Phi) is 4.22. The molecule has 0 aliphatic carbocycles. The van der Waals surface area contributed by atoms with Gasteiger partial charge in [-0.1, -0.05) is 28.1 Å². The van der Waals surface area contributed by atoms with Crippen LogP contribution in [0.3, 0.4) is 0 Å². The molecule has 1 atom stereocenters. The van der Waals surface area contributed by atoms with E-state index in [9.17, 15) is 4.39 Å². The van der Waals surface area contributed by atoms with Crippen LogP contribution in [-0.4, -0.2) is 7.11 Å². The van der Waals surface area contributed by atoms with E-state index in [0.717, 1.165) is 15.6 Å². The van der Waals surface area contributed by atoms with E-state index in [1.54, 1.807) is 19.2 Å². The van der Waals surface area contributed by atoms with E-state index in [2.05, 4.69) is 15.9 Å². The maximum Gasteiger partial charge on any atom is 0.128 e. The van der Waals surface area contributed by atoms with Gasteiger partial charge < -0.3 is 10.5 Å². The van der Waals surface area contributed by atoms with Crippen molar-refractivity contribution in [1.29, 1.82) is 0 Å². The molecule has 0 amide bonds. The highest BCUT2D eigenvalue weighted by Crippen LogP contribution is 2.31. The first kappa shape index (κ1) is 14.0. The molecule has 2 N–H and O–H groups in total. The molecule has 0 radical (unpaired) electrons. The Labute approximate surface area is 120 Å². The lowest BCUT2D eigenvalue weighted by atomic mass is 9.97. The van der Waals surface area contributed by atoms with Crippen molar-refractivity contribution in [3.63, 3.8) is 0 Å². The van der Waals surface area contributed by atoms with Gasteiger partial charge in [0.1, 0.15) is 11.6 Å². The van der Waals surface area contributed by atoms with Gasteiger partial charge in [0.15, 0.2) is 0 Å². The van der Waals surface area contributed by atoms with E-state index in [0.29, 0.717) is 11.3 Å². The zero-order chi connectivity index (χ0) is 14.0. The number of nitrogens with two attached hydrogens (primary N) is 1. The van der Waals surface area contributed by atoms with Crippen LogP contribution in [0.4, 0.5) is 4.39 Å². The van der Waals surface area contributed by atoms with Crippen LogP contribution >= 0.6 is 15.9 Å². The molecular weight excluding hydrogens is 309 g/mol. The van der Waals surface area contributed by atoms with Crippen molar-refractivity contribution >= 4 is 15.9 Å². The molecule has 100 valence electrons. The van der Waals surface area contributed by atoms with Gasteiger partial charge in [0.2, 0.25) is 0 Å². The molecule has 0 aliphatic heterocycles. The number of hydrogen-bond acceptors (Lipinski definition) is 2. The molecule has 0 fully saturated rings. The summed E-state index contributed by atoms with van der Waals surface area (Å²) < 4.78 is 20.0. The lowest BCUT2D eigenvalue weighted by Crippen LogP contribution is -2.15. The average molecular weight is 324 g/mol. The van der Waals surface area contributed by atoms with Gasteiger partial charge in [0.05, 0.1) is 13.2 Å². The summed E-state index contributed by atoms with van der Waals surface area (Å²) in [6.07, 6.45) is 0. The highest BCUT2D eigenvalue weighted by atomic mass is 79.9. The Hall–Kier alpha value is -1.39. The van der Waals surface area contributed by atoms with Gasteiger partial charge in [-0.2, -0.15) is 0 Å². The van der Waals surface area contributed by atoms with E-state index in [1.165, 1.54) is 6.07 Å². The molecule has 0 heterocycles. The lowest BCUT2D eigenvalue weighted by molar-refractivity contribution is 0.407. The molecule has 2 rings (SSSR count). The summed E-state index contributed by atoms with van der Waals surface area (Å²) in [7, 11) is 1.59. The fourth-order valence-electron chi connectivity index (χ4n) is 2.00. The molecule has 0 aliphatic rings. The predicted molar refractivity (Wildman–Crippen MR) is 77.9 cm³/mol. The summed E-state index contributed by atoms with van der Waals surface area (Å²) in [6.45, 7) is 1.97. The van der Waals surface area contributed by atoms with Gasteiger partial charge in [-0.15, -0.1) is 0 Å². The van der Waals surface area contributed by atoms with Crippen LogP contribution in [0.5, 0.6) is 5.75 Å². The highest BCUT2D eigenvalue weighted by Gasteiger charge is 2.17. The summed E-state index contributed by atoms with van der Waals surface area (Å²) >= 11 is 3.33. The molecule has 0 spiro atoms. The molecule has 0 bridgehead atoms. The fraction of sp³-hybridized carbons (Fsp3) is 0.200. The Morgan fingerprint density at radius 1 is 1.16 bits per heavy atom. The fourth-order valence-corrected chi connectivity index (χ4v) is 2.37. The van der Waals surface area contributed by atoms with E-state index in [4.69, 9.17) is 10.5 Å². The van der Waals surface area contributed by atoms with Crippen LogP contribution in [0.25, 0.3) is 0 Å². The van der Waals surface area contributed by atoms with Crippen molar-refractivity contribution in [2.24, 2.45) is 5.73 Å². The quantitative estimate of drug-likeness (QED) is 0.928. The third-order valence-electron chi connectivity index (χ3n) is 3.02. The van der Waals surface area contributed by atoms with Crippen molar-refractivity contribution in [3.05, 3.63) is 63.4 Å². The normalized spacial score (nSPS) is 12.3. The molecule has 19 heavy (non-hydrogen) atoms. The monoisotopic (exact) mass is 323 g/mol. The van der Waals surface area contributed by atoms with Crippen molar-refractivity contribution in [3.8, 4) is 5.75 Å². The number of halogens is 2. The minimum Gasteiger partial charge on any atom is -0.496 e. The molecule has 2 nitrogen and oxygen atoms in total. The van der Waals surface area contributed by atoms with Gasteiger partial charge >= 0.3 is 0 Å². The van der Waals surface area contributed by atoms with Crippen LogP contribution in [0.1, 0.15) is 22.7 Å². The van der Waals surface area contributed by atoms with Crippen LogP contribution < -0.4 is 10.5 Å². The average Bonchev–Trinajstić information content (AvgIpc) is 2.40. The molecule has 0 saturated carbocycles. The summed E-state index contributed by atoms with van der Waals surface area (Å²) in [4.78, 5) is 0. The predicted octanol–water partition coefficient (Wildman–Crippen LogP) is 3.95. The van der Waals surface area contributed by atoms with E-state index in [1.807, 2.05) is 25.1 Å². The third kappa shape index (κ3) is 2.96. The number of ether oxygens (including phenoxy) is 1. The van der Waals surface area contributed by atoms with Gasteiger partial charge in [0, 0.05) is 15.6 Å². The van der Waals surface area contributed by atoms with Crippen molar-refractivity contribution in [2.45, 2.75) is 13.0 Å². The molecule has 0 saturated heterocycles. The number of methoxy groups -OCH3 is 1. The third-order valence-corrected chi connectivity index (χ3v) is 3.51. The Morgan fingerprint density at radius 3 is 2.58 bits per heavy atom. The van der Waals surface area contributed by atoms with Crippen LogP contribution in [0.2, 0.25) is 0 Å². The standard InChI is InChI=1S/C15H15BrFNO/c1-9-3-5-11(14(7-9)19-2)15(18)12-8-10(16)4-6-13(12)17/h3-8,15H,18H2,1-2H3. The minimum absolute atomic E-state index is 0.321. The largest absolute Gasteiger partial charge is 0.496 e. The summed E-state index contributed by atoms with van der Waals surface area (Å²) in [5.41, 5.74) is 8.45. The molecule has 2 aromatic rings. The SMILES string of the molecule is COc1cc(C)ccc1C(N)c1cc(Br)ccc1F. The zero-order valence-corrected chi connectivity index (χ0v) is 12.4. The second kappa shape index (κ2) is 5.72. The summed E-state index contributed by atoms with van der Waals surface area (Å²) in [5.74, 6) is 0.352. The lowest BCUT2D eigenvalue weighted by Gasteiger charge is -2.17. The number of rotatable bonds is 3. The molecular formula is C15H15BrFNO. The summed E-state index contributed by atoms with van der Waals surface area (Å²) in [6, 6.07) is 9.89. The molecule has 4 heteroatoms. The highest BCUT2D eigenvalue weighted by molar-refractivity contribution is 9.10. The zero-order valence-electron chi connectivity index (χ0n) is 10.8. The smallest absolute Gasteiger partial charge is 0.128 e. The molecule has 1 unspecified atom stereocenters. The minimum atomic E-state index is -0.562. The van der Waals surface area contributed by atoms with Crippen LogP contribution in [0.15, 0.2) is 40.9 Å². The number of hydrogen-bond donors (Lipinski definition) is 1. The van der Waals surface area contributed by atoms with Gasteiger partial charge in [-0.25, -0.2) is 4.39 Å². The molecule has 2 aromatic carbocycles.